The van der Waals surface area contributed by atoms with Crippen LogP contribution in [0.5, 0.6) is 0 Å². The molecule has 2 aromatic carbocycles. The Morgan fingerprint density at radius 2 is 1.52 bits per heavy atom. The fourth-order valence-electron chi connectivity index (χ4n) is 4.17. The van der Waals surface area contributed by atoms with E-state index in [2.05, 4.69) is 10.6 Å². The van der Waals surface area contributed by atoms with Crippen LogP contribution in [0.4, 0.5) is 17.2 Å². The molecular formula is C25H25N5O. The van der Waals surface area contributed by atoms with Crippen LogP contribution in [0.15, 0.2) is 66.9 Å². The summed E-state index contributed by atoms with van der Waals surface area (Å²) >= 11 is 0. The SMILES string of the molecule is O=C(Nc1ccccc1)c1c(Nc2ccccc2)nn2c3c(cnc12)CCCCCC3. The molecule has 6 heteroatoms. The predicted octanol–water partition coefficient (Wildman–Crippen LogP) is 5.38. The van der Waals surface area contributed by atoms with Gasteiger partial charge in [-0.25, -0.2) is 9.50 Å². The molecule has 31 heavy (non-hydrogen) atoms. The summed E-state index contributed by atoms with van der Waals surface area (Å²) in [5.74, 6) is 0.292. The average molecular weight is 412 g/mol. The molecule has 2 heterocycles. The number of fused-ring (bicyclic) bond motifs is 3. The van der Waals surface area contributed by atoms with Crippen LogP contribution in [0.3, 0.4) is 0 Å². The van der Waals surface area contributed by atoms with Gasteiger partial charge in [-0.1, -0.05) is 49.2 Å². The van der Waals surface area contributed by atoms with Crippen LogP contribution in [0, 0.1) is 0 Å². The minimum Gasteiger partial charge on any atom is -0.338 e. The number of rotatable bonds is 4. The zero-order valence-electron chi connectivity index (χ0n) is 17.3. The first kappa shape index (κ1) is 19.3. The molecule has 6 nitrogen and oxygen atoms in total. The minimum absolute atomic E-state index is 0.224. The Hall–Kier alpha value is -3.67. The fourth-order valence-corrected chi connectivity index (χ4v) is 4.17. The molecule has 1 amide bonds. The smallest absolute Gasteiger partial charge is 0.263 e. The lowest BCUT2D eigenvalue weighted by atomic mass is 9.98. The quantitative estimate of drug-likeness (QED) is 0.473. The van der Waals surface area contributed by atoms with Gasteiger partial charge in [-0.15, -0.1) is 5.10 Å². The largest absolute Gasteiger partial charge is 0.338 e. The molecule has 0 aliphatic heterocycles. The van der Waals surface area contributed by atoms with Gasteiger partial charge in [0.2, 0.25) is 0 Å². The van der Waals surface area contributed by atoms with Gasteiger partial charge in [0, 0.05) is 23.3 Å². The molecule has 156 valence electrons. The highest BCUT2D eigenvalue weighted by molar-refractivity contribution is 6.12. The van der Waals surface area contributed by atoms with Crippen LogP contribution in [-0.2, 0) is 12.8 Å². The Morgan fingerprint density at radius 3 is 2.26 bits per heavy atom. The molecule has 0 unspecified atom stereocenters. The lowest BCUT2D eigenvalue weighted by Crippen LogP contribution is -2.14. The standard InChI is InChI=1S/C25H25N5O/c31-25(28-20-14-8-4-9-15-20)22-23(27-19-12-6-3-7-13-19)29-30-21-16-10-2-1-5-11-18(21)17-26-24(22)30/h3-4,6-9,12-15,17H,1-2,5,10-11,16H2,(H,27,29)(H,28,31). The van der Waals surface area contributed by atoms with Crippen molar-refractivity contribution in [3.05, 3.63) is 83.7 Å². The molecule has 0 fully saturated rings. The second-order valence-electron chi connectivity index (χ2n) is 7.91. The van der Waals surface area contributed by atoms with Crippen molar-refractivity contribution < 1.29 is 4.79 Å². The summed E-state index contributed by atoms with van der Waals surface area (Å²) in [6.07, 6.45) is 8.65. The van der Waals surface area contributed by atoms with E-state index in [0.717, 1.165) is 37.1 Å². The normalized spacial score (nSPS) is 13.8. The molecule has 1 aliphatic rings. The zero-order chi connectivity index (χ0) is 21.0. The molecule has 4 aromatic rings. The number of anilines is 3. The number of aromatic nitrogens is 3. The molecule has 0 atom stereocenters. The van der Waals surface area contributed by atoms with Crippen LogP contribution in [0.25, 0.3) is 5.65 Å². The van der Waals surface area contributed by atoms with E-state index >= 15 is 0 Å². The molecule has 0 bridgehead atoms. The number of aryl methyl sites for hydroxylation is 2. The minimum atomic E-state index is -0.224. The average Bonchev–Trinajstić information content (AvgIpc) is 3.13. The summed E-state index contributed by atoms with van der Waals surface area (Å²) in [5.41, 5.74) is 5.06. The Labute approximate surface area is 181 Å². The first-order valence-electron chi connectivity index (χ1n) is 10.9. The Kier molecular flexibility index (Phi) is 5.35. The maximum absolute atomic E-state index is 13.3. The van der Waals surface area contributed by atoms with Gasteiger partial charge < -0.3 is 10.6 Å². The van der Waals surface area contributed by atoms with Gasteiger partial charge in [-0.2, -0.15) is 0 Å². The van der Waals surface area contributed by atoms with Crippen molar-refractivity contribution in [1.82, 2.24) is 14.6 Å². The zero-order valence-corrected chi connectivity index (χ0v) is 17.3. The van der Waals surface area contributed by atoms with E-state index in [1.807, 2.05) is 71.4 Å². The van der Waals surface area contributed by atoms with E-state index in [4.69, 9.17) is 10.1 Å². The van der Waals surface area contributed by atoms with Crippen molar-refractivity contribution in [2.24, 2.45) is 0 Å². The van der Waals surface area contributed by atoms with Crippen LogP contribution in [-0.4, -0.2) is 20.5 Å². The van der Waals surface area contributed by atoms with Crippen LogP contribution in [0.1, 0.15) is 47.3 Å². The van der Waals surface area contributed by atoms with E-state index in [1.165, 1.54) is 24.1 Å². The van der Waals surface area contributed by atoms with Crippen molar-refractivity contribution in [2.45, 2.75) is 38.5 Å². The highest BCUT2D eigenvalue weighted by Crippen LogP contribution is 2.28. The summed E-state index contributed by atoms with van der Waals surface area (Å²) in [5, 5.41) is 11.2. The van der Waals surface area contributed by atoms with Crippen molar-refractivity contribution in [3.63, 3.8) is 0 Å². The molecular weight excluding hydrogens is 386 g/mol. The molecule has 0 saturated carbocycles. The van der Waals surface area contributed by atoms with Gasteiger partial charge >= 0.3 is 0 Å². The van der Waals surface area contributed by atoms with Crippen molar-refractivity contribution in [2.75, 3.05) is 10.6 Å². The van der Waals surface area contributed by atoms with E-state index in [-0.39, 0.29) is 5.91 Å². The van der Waals surface area contributed by atoms with Crippen molar-refractivity contribution in [1.29, 1.82) is 0 Å². The van der Waals surface area contributed by atoms with Gasteiger partial charge in [0.15, 0.2) is 11.5 Å². The van der Waals surface area contributed by atoms with E-state index in [0.29, 0.717) is 17.0 Å². The number of nitrogens with zero attached hydrogens (tertiary/aromatic N) is 3. The summed E-state index contributed by atoms with van der Waals surface area (Å²) in [4.78, 5) is 18.0. The lowest BCUT2D eigenvalue weighted by Gasteiger charge is -2.14. The van der Waals surface area contributed by atoms with Crippen LogP contribution in [0.2, 0.25) is 0 Å². The molecule has 1 aliphatic carbocycles. The second-order valence-corrected chi connectivity index (χ2v) is 7.91. The number of amides is 1. The third-order valence-electron chi connectivity index (χ3n) is 5.73. The van der Waals surface area contributed by atoms with E-state index in [9.17, 15) is 4.79 Å². The summed E-state index contributed by atoms with van der Waals surface area (Å²) < 4.78 is 1.88. The van der Waals surface area contributed by atoms with Gasteiger partial charge in [-0.3, -0.25) is 4.79 Å². The molecule has 0 spiro atoms. The number of benzene rings is 2. The Balaban J connectivity index is 1.62. The molecule has 2 N–H and O–H groups in total. The number of carbonyl (C=O) groups excluding carboxylic acids is 1. The monoisotopic (exact) mass is 411 g/mol. The Morgan fingerprint density at radius 1 is 0.839 bits per heavy atom. The fraction of sp³-hybridized carbons (Fsp3) is 0.240. The van der Waals surface area contributed by atoms with Crippen molar-refractivity contribution in [3.8, 4) is 0 Å². The van der Waals surface area contributed by atoms with Gasteiger partial charge in [0.1, 0.15) is 5.56 Å². The number of nitrogens with one attached hydrogen (secondary N) is 2. The molecule has 2 aromatic heterocycles. The van der Waals surface area contributed by atoms with E-state index < -0.39 is 0 Å². The first-order chi connectivity index (χ1) is 15.3. The number of para-hydroxylation sites is 2. The first-order valence-corrected chi connectivity index (χ1v) is 10.9. The number of hydrogen-bond donors (Lipinski definition) is 2. The summed E-state index contributed by atoms with van der Waals surface area (Å²) in [7, 11) is 0. The van der Waals surface area contributed by atoms with Gasteiger partial charge in [0.05, 0.1) is 0 Å². The maximum Gasteiger partial charge on any atom is 0.263 e. The van der Waals surface area contributed by atoms with Gasteiger partial charge in [-0.05, 0) is 55.5 Å². The second kappa shape index (κ2) is 8.60. The summed E-state index contributed by atoms with van der Waals surface area (Å²) in [6.45, 7) is 0. The third kappa shape index (κ3) is 4.01. The molecule has 0 saturated heterocycles. The van der Waals surface area contributed by atoms with Gasteiger partial charge in [0.25, 0.3) is 5.91 Å². The lowest BCUT2D eigenvalue weighted by molar-refractivity contribution is 0.102. The molecule has 0 radical (unpaired) electrons. The highest BCUT2D eigenvalue weighted by atomic mass is 16.1. The van der Waals surface area contributed by atoms with Crippen molar-refractivity contribution >= 4 is 28.7 Å². The van der Waals surface area contributed by atoms with E-state index in [1.54, 1.807) is 0 Å². The number of hydrogen-bond acceptors (Lipinski definition) is 4. The predicted molar refractivity (Wildman–Crippen MR) is 123 cm³/mol. The summed E-state index contributed by atoms with van der Waals surface area (Å²) in [6, 6.07) is 19.3. The van der Waals surface area contributed by atoms with Crippen LogP contribution >= 0.6 is 0 Å². The topological polar surface area (TPSA) is 71.3 Å². The third-order valence-corrected chi connectivity index (χ3v) is 5.73. The van der Waals surface area contributed by atoms with Crippen LogP contribution < -0.4 is 10.6 Å². The highest BCUT2D eigenvalue weighted by Gasteiger charge is 2.24. The number of carbonyl (C=O) groups is 1. The molecule has 5 rings (SSSR count). The maximum atomic E-state index is 13.3. The Bertz CT molecular complexity index is 1200.